The van der Waals surface area contributed by atoms with Gasteiger partial charge in [-0.25, -0.2) is 0 Å². The summed E-state index contributed by atoms with van der Waals surface area (Å²) >= 11 is 20.2. The maximum atomic E-state index is 12.5. The highest BCUT2D eigenvalue weighted by atomic mass is 35.5. The number of thioether (sulfide) groups is 1. The van der Waals surface area contributed by atoms with E-state index in [2.05, 4.69) is 16.3 Å². The molecule has 1 heterocycles. The Morgan fingerprint density at radius 2 is 1.76 bits per heavy atom. The number of piperidine rings is 1. The molecule has 29 heavy (non-hydrogen) atoms. The van der Waals surface area contributed by atoms with Crippen LogP contribution in [0.2, 0.25) is 15.1 Å². The molecule has 7 heteroatoms. The Bertz CT molecular complexity index is 805. The van der Waals surface area contributed by atoms with Crippen LogP contribution in [-0.4, -0.2) is 36.2 Å². The zero-order valence-corrected chi connectivity index (χ0v) is 19.3. The van der Waals surface area contributed by atoms with Gasteiger partial charge in [-0.05, 0) is 61.3 Å². The third-order valence-electron chi connectivity index (χ3n) is 5.11. The molecular weight excluding hydrogens is 447 g/mol. The molecule has 0 aromatic heterocycles. The number of amides is 1. The van der Waals surface area contributed by atoms with Crippen molar-refractivity contribution < 1.29 is 4.79 Å². The number of rotatable bonds is 8. The van der Waals surface area contributed by atoms with Gasteiger partial charge < -0.3 is 5.32 Å². The SMILES string of the molecule is O=C(NCCSCc1c(Cl)cccc1Cl)C1CCN(Cc2cccc(Cl)c2)CC1. The largest absolute Gasteiger partial charge is 0.355 e. The topological polar surface area (TPSA) is 32.3 Å². The van der Waals surface area contributed by atoms with Crippen LogP contribution >= 0.6 is 46.6 Å². The van der Waals surface area contributed by atoms with E-state index in [0.29, 0.717) is 16.6 Å². The summed E-state index contributed by atoms with van der Waals surface area (Å²) in [6.45, 7) is 3.42. The van der Waals surface area contributed by atoms with Crippen molar-refractivity contribution in [3.63, 3.8) is 0 Å². The summed E-state index contributed by atoms with van der Waals surface area (Å²) < 4.78 is 0. The zero-order valence-electron chi connectivity index (χ0n) is 16.2. The summed E-state index contributed by atoms with van der Waals surface area (Å²) in [4.78, 5) is 14.8. The van der Waals surface area contributed by atoms with Crippen LogP contribution in [0, 0.1) is 5.92 Å². The Balaban J connectivity index is 1.32. The van der Waals surface area contributed by atoms with Crippen LogP contribution in [0.15, 0.2) is 42.5 Å². The van der Waals surface area contributed by atoms with Crippen LogP contribution in [0.5, 0.6) is 0 Å². The molecule has 3 rings (SSSR count). The van der Waals surface area contributed by atoms with Crippen molar-refractivity contribution in [1.29, 1.82) is 0 Å². The van der Waals surface area contributed by atoms with Crippen LogP contribution in [-0.2, 0) is 17.1 Å². The molecule has 3 nitrogen and oxygen atoms in total. The molecule has 1 saturated heterocycles. The van der Waals surface area contributed by atoms with E-state index in [1.54, 1.807) is 11.8 Å². The first kappa shape index (κ1) is 22.8. The number of benzene rings is 2. The van der Waals surface area contributed by atoms with Gasteiger partial charge >= 0.3 is 0 Å². The van der Waals surface area contributed by atoms with Crippen molar-refractivity contribution in [3.05, 3.63) is 68.7 Å². The molecule has 1 N–H and O–H groups in total. The lowest BCUT2D eigenvalue weighted by molar-refractivity contribution is -0.126. The van der Waals surface area contributed by atoms with E-state index in [1.165, 1.54) is 5.56 Å². The Kier molecular flexibility index (Phi) is 9.01. The summed E-state index contributed by atoms with van der Waals surface area (Å²) in [6, 6.07) is 13.5. The van der Waals surface area contributed by atoms with Crippen LogP contribution in [0.25, 0.3) is 0 Å². The monoisotopic (exact) mass is 470 g/mol. The molecule has 1 amide bonds. The summed E-state index contributed by atoms with van der Waals surface area (Å²) in [7, 11) is 0. The lowest BCUT2D eigenvalue weighted by atomic mass is 9.95. The second-order valence-electron chi connectivity index (χ2n) is 7.22. The first-order valence-corrected chi connectivity index (χ1v) is 12.1. The standard InChI is InChI=1S/C22H25Cl3N2OS/c23-18-4-1-3-16(13-18)14-27-10-7-17(8-11-27)22(28)26-9-12-29-15-19-20(24)5-2-6-21(19)25/h1-6,13,17H,7-12,14-15H2,(H,26,28). The average molecular weight is 472 g/mol. The minimum Gasteiger partial charge on any atom is -0.355 e. The van der Waals surface area contributed by atoms with E-state index >= 15 is 0 Å². The van der Waals surface area contributed by atoms with Gasteiger partial charge in [-0.1, -0.05) is 53.0 Å². The summed E-state index contributed by atoms with van der Waals surface area (Å²) in [5.74, 6) is 1.86. The van der Waals surface area contributed by atoms with Gasteiger partial charge in [-0.2, -0.15) is 11.8 Å². The Morgan fingerprint density at radius 3 is 2.45 bits per heavy atom. The van der Waals surface area contributed by atoms with E-state index in [0.717, 1.165) is 54.6 Å². The van der Waals surface area contributed by atoms with Crippen LogP contribution in [0.3, 0.4) is 0 Å². The van der Waals surface area contributed by atoms with Gasteiger partial charge in [0.2, 0.25) is 5.91 Å². The maximum absolute atomic E-state index is 12.5. The molecule has 1 aliphatic heterocycles. The summed E-state index contributed by atoms with van der Waals surface area (Å²) in [5, 5.41) is 5.23. The number of halogens is 3. The molecule has 0 spiro atoms. The van der Waals surface area contributed by atoms with Gasteiger partial charge in [-0.15, -0.1) is 0 Å². The highest BCUT2D eigenvalue weighted by Gasteiger charge is 2.24. The first-order valence-electron chi connectivity index (χ1n) is 9.78. The Hall–Kier alpha value is -0.910. The van der Waals surface area contributed by atoms with Gasteiger partial charge in [0, 0.05) is 45.6 Å². The maximum Gasteiger partial charge on any atom is 0.223 e. The number of hydrogen-bond donors (Lipinski definition) is 1. The van der Waals surface area contributed by atoms with Crippen LogP contribution in [0.4, 0.5) is 0 Å². The number of likely N-dealkylation sites (tertiary alicyclic amines) is 1. The van der Waals surface area contributed by atoms with Gasteiger partial charge in [0.15, 0.2) is 0 Å². The van der Waals surface area contributed by atoms with Crippen LogP contribution < -0.4 is 5.32 Å². The molecule has 0 unspecified atom stereocenters. The van der Waals surface area contributed by atoms with E-state index < -0.39 is 0 Å². The second-order valence-corrected chi connectivity index (χ2v) is 9.58. The first-order chi connectivity index (χ1) is 14.0. The normalized spacial score (nSPS) is 15.4. The number of carbonyl (C=O) groups is 1. The van der Waals surface area contributed by atoms with Gasteiger partial charge in [0.1, 0.15) is 0 Å². The summed E-state index contributed by atoms with van der Waals surface area (Å²) in [6.07, 6.45) is 1.80. The van der Waals surface area contributed by atoms with E-state index in [1.807, 2.05) is 36.4 Å². The third kappa shape index (κ3) is 7.08. The molecule has 1 fully saturated rings. The predicted octanol–water partition coefficient (Wildman–Crippen LogP) is 5.91. The van der Waals surface area contributed by atoms with Gasteiger partial charge in [-0.3, -0.25) is 9.69 Å². The van der Waals surface area contributed by atoms with Crippen molar-refractivity contribution in [2.45, 2.75) is 25.1 Å². The fourth-order valence-electron chi connectivity index (χ4n) is 3.48. The lowest BCUT2D eigenvalue weighted by Crippen LogP contribution is -2.40. The minimum absolute atomic E-state index is 0.105. The van der Waals surface area contributed by atoms with Gasteiger partial charge in [0.25, 0.3) is 0 Å². The van der Waals surface area contributed by atoms with Crippen molar-refractivity contribution >= 4 is 52.5 Å². The number of nitrogens with one attached hydrogen (secondary N) is 1. The molecule has 0 radical (unpaired) electrons. The second kappa shape index (κ2) is 11.5. The molecule has 0 bridgehead atoms. The highest BCUT2D eigenvalue weighted by molar-refractivity contribution is 7.98. The van der Waals surface area contributed by atoms with Gasteiger partial charge in [0.05, 0.1) is 0 Å². The number of nitrogens with zero attached hydrogens (tertiary/aromatic N) is 1. The van der Waals surface area contributed by atoms with E-state index in [4.69, 9.17) is 34.8 Å². The third-order valence-corrected chi connectivity index (χ3v) is 7.04. The molecular formula is C22H25Cl3N2OS. The zero-order chi connectivity index (χ0) is 20.6. The number of carbonyl (C=O) groups excluding carboxylic acids is 1. The smallest absolute Gasteiger partial charge is 0.223 e. The molecule has 2 aromatic carbocycles. The summed E-state index contributed by atoms with van der Waals surface area (Å²) in [5.41, 5.74) is 2.18. The van der Waals surface area contributed by atoms with E-state index in [9.17, 15) is 4.79 Å². The van der Waals surface area contributed by atoms with Crippen LogP contribution in [0.1, 0.15) is 24.0 Å². The molecule has 0 saturated carbocycles. The van der Waals surface area contributed by atoms with Crippen molar-refractivity contribution in [3.8, 4) is 0 Å². The molecule has 0 aliphatic carbocycles. The minimum atomic E-state index is 0.105. The fraction of sp³-hybridized carbons (Fsp3) is 0.409. The average Bonchev–Trinajstić information content (AvgIpc) is 2.70. The predicted molar refractivity (Wildman–Crippen MR) is 125 cm³/mol. The van der Waals surface area contributed by atoms with E-state index in [-0.39, 0.29) is 11.8 Å². The number of hydrogen-bond acceptors (Lipinski definition) is 3. The fourth-order valence-corrected chi connectivity index (χ4v) is 5.29. The Labute approximate surface area is 192 Å². The molecule has 2 aromatic rings. The quantitative estimate of drug-likeness (QED) is 0.486. The van der Waals surface area contributed by atoms with Crippen molar-refractivity contribution in [2.75, 3.05) is 25.4 Å². The van der Waals surface area contributed by atoms with Crippen molar-refractivity contribution in [2.24, 2.45) is 5.92 Å². The molecule has 0 atom stereocenters. The Morgan fingerprint density at radius 1 is 1.07 bits per heavy atom. The van der Waals surface area contributed by atoms with Crippen molar-refractivity contribution in [1.82, 2.24) is 10.2 Å². The highest BCUT2D eigenvalue weighted by Crippen LogP contribution is 2.28. The molecule has 1 aliphatic rings. The lowest BCUT2D eigenvalue weighted by Gasteiger charge is -2.31. The molecule has 156 valence electrons.